The average molecular weight is 464 g/mol. The van der Waals surface area contributed by atoms with Crippen LogP contribution in [0.4, 0.5) is 4.79 Å². The predicted molar refractivity (Wildman–Crippen MR) is 124 cm³/mol. The van der Waals surface area contributed by atoms with Crippen molar-refractivity contribution in [1.82, 2.24) is 16.0 Å². The van der Waals surface area contributed by atoms with Crippen LogP contribution in [0.5, 0.6) is 0 Å². The molecule has 0 aliphatic heterocycles. The number of hydrogen-bond acceptors (Lipinski definition) is 6. The van der Waals surface area contributed by atoms with Gasteiger partial charge in [-0.1, -0.05) is 30.3 Å². The number of unbranched alkanes of at least 4 members (excludes halogenated alkanes) is 1. The van der Waals surface area contributed by atoms with Crippen LogP contribution in [-0.2, 0) is 30.3 Å². The summed E-state index contributed by atoms with van der Waals surface area (Å²) >= 11 is 0. The SMILES string of the molecule is COC(=O)[C@H](Cc1ccccc1)NC(=O)C(C)(C)NC(=O)CCCCNC(=O)OC(C)(C)C. The first kappa shape index (κ1) is 27.9. The summed E-state index contributed by atoms with van der Waals surface area (Å²) in [5, 5.41) is 8.01. The zero-order valence-corrected chi connectivity index (χ0v) is 20.4. The molecular weight excluding hydrogens is 426 g/mol. The number of methoxy groups -OCH3 is 1. The van der Waals surface area contributed by atoms with Crippen molar-refractivity contribution in [3.8, 4) is 0 Å². The summed E-state index contributed by atoms with van der Waals surface area (Å²) in [7, 11) is 1.26. The Labute approximate surface area is 196 Å². The Bertz CT molecular complexity index is 802. The second-order valence-electron chi connectivity index (χ2n) is 9.30. The van der Waals surface area contributed by atoms with E-state index in [0.29, 0.717) is 19.4 Å². The summed E-state index contributed by atoms with van der Waals surface area (Å²) in [6.45, 7) is 8.87. The van der Waals surface area contributed by atoms with Crippen LogP contribution in [0, 0.1) is 0 Å². The van der Waals surface area contributed by atoms with Crippen LogP contribution < -0.4 is 16.0 Å². The lowest BCUT2D eigenvalue weighted by Gasteiger charge is -2.27. The van der Waals surface area contributed by atoms with Gasteiger partial charge in [0, 0.05) is 19.4 Å². The van der Waals surface area contributed by atoms with Crippen molar-refractivity contribution in [2.45, 2.75) is 77.5 Å². The van der Waals surface area contributed by atoms with Gasteiger partial charge in [0.2, 0.25) is 11.8 Å². The van der Waals surface area contributed by atoms with E-state index in [1.54, 1.807) is 34.6 Å². The van der Waals surface area contributed by atoms with Crippen molar-refractivity contribution in [2.75, 3.05) is 13.7 Å². The Hall–Kier alpha value is -3.10. The molecule has 3 N–H and O–H groups in total. The monoisotopic (exact) mass is 463 g/mol. The fraction of sp³-hybridized carbons (Fsp3) is 0.583. The maximum absolute atomic E-state index is 12.8. The third-order valence-corrected chi connectivity index (χ3v) is 4.59. The Morgan fingerprint density at radius 2 is 1.61 bits per heavy atom. The minimum atomic E-state index is -1.23. The first-order chi connectivity index (χ1) is 15.3. The average Bonchev–Trinajstić information content (AvgIpc) is 2.71. The number of carbonyl (C=O) groups excluding carboxylic acids is 4. The number of alkyl carbamates (subject to hydrolysis) is 1. The van der Waals surface area contributed by atoms with Gasteiger partial charge in [0.15, 0.2) is 0 Å². The summed E-state index contributed by atoms with van der Waals surface area (Å²) in [4.78, 5) is 48.9. The molecule has 1 aromatic rings. The Kier molecular flexibility index (Phi) is 10.8. The molecule has 9 heteroatoms. The highest BCUT2D eigenvalue weighted by atomic mass is 16.6. The molecule has 0 aliphatic carbocycles. The highest BCUT2D eigenvalue weighted by Crippen LogP contribution is 2.09. The van der Waals surface area contributed by atoms with Gasteiger partial charge in [-0.15, -0.1) is 0 Å². The molecule has 9 nitrogen and oxygen atoms in total. The van der Waals surface area contributed by atoms with Crippen molar-refractivity contribution in [2.24, 2.45) is 0 Å². The van der Waals surface area contributed by atoms with Crippen molar-refractivity contribution in [3.05, 3.63) is 35.9 Å². The van der Waals surface area contributed by atoms with Gasteiger partial charge >= 0.3 is 12.1 Å². The molecule has 0 aromatic heterocycles. The lowest BCUT2D eigenvalue weighted by Crippen LogP contribution is -2.58. The number of hydrogen-bond donors (Lipinski definition) is 3. The van der Waals surface area contributed by atoms with Crippen LogP contribution in [0.15, 0.2) is 30.3 Å². The molecule has 0 fully saturated rings. The number of carbonyl (C=O) groups is 4. The second-order valence-corrected chi connectivity index (χ2v) is 9.30. The third kappa shape index (κ3) is 11.4. The van der Waals surface area contributed by atoms with E-state index in [1.807, 2.05) is 30.3 Å². The molecule has 1 rings (SSSR count). The molecule has 3 amide bonds. The summed E-state index contributed by atoms with van der Waals surface area (Å²) in [6.07, 6.45) is 1.07. The van der Waals surface area contributed by atoms with Crippen LogP contribution in [-0.4, -0.2) is 54.7 Å². The molecule has 0 spiro atoms. The molecule has 0 aliphatic rings. The maximum atomic E-state index is 12.8. The largest absolute Gasteiger partial charge is 0.467 e. The van der Waals surface area contributed by atoms with Gasteiger partial charge in [0.05, 0.1) is 7.11 Å². The lowest BCUT2D eigenvalue weighted by atomic mass is 10.0. The van der Waals surface area contributed by atoms with Gasteiger partial charge in [-0.3, -0.25) is 9.59 Å². The quantitative estimate of drug-likeness (QED) is 0.342. The zero-order chi connectivity index (χ0) is 25.1. The standard InChI is InChI=1S/C24H37N3O6/c1-23(2,3)33-22(31)25-15-11-10-14-19(28)27-24(4,5)21(30)26-18(20(29)32-6)16-17-12-8-7-9-13-17/h7-9,12-13,18H,10-11,14-16H2,1-6H3,(H,25,31)(H,26,30)(H,27,28)/t18-/m0/s1. The Balaban J connectivity index is 2.49. The molecule has 184 valence electrons. The summed E-state index contributed by atoms with van der Waals surface area (Å²) in [6, 6.07) is 8.39. The van der Waals surface area contributed by atoms with Crippen molar-refractivity contribution >= 4 is 23.9 Å². The molecule has 0 saturated heterocycles. The maximum Gasteiger partial charge on any atom is 0.407 e. The highest BCUT2D eigenvalue weighted by molar-refractivity contribution is 5.93. The van der Waals surface area contributed by atoms with E-state index in [1.165, 1.54) is 7.11 Å². The second kappa shape index (κ2) is 12.8. The molecule has 1 atom stereocenters. The molecule has 0 radical (unpaired) electrons. The third-order valence-electron chi connectivity index (χ3n) is 4.59. The fourth-order valence-electron chi connectivity index (χ4n) is 2.91. The minimum Gasteiger partial charge on any atom is -0.467 e. The number of esters is 1. The van der Waals surface area contributed by atoms with Gasteiger partial charge in [-0.05, 0) is 53.0 Å². The first-order valence-corrected chi connectivity index (χ1v) is 11.0. The van der Waals surface area contributed by atoms with Crippen LogP contribution >= 0.6 is 0 Å². The van der Waals surface area contributed by atoms with Gasteiger partial charge in [0.25, 0.3) is 0 Å². The molecule has 0 saturated carbocycles. The van der Waals surface area contributed by atoms with E-state index in [-0.39, 0.29) is 18.7 Å². The number of benzene rings is 1. The van der Waals surface area contributed by atoms with E-state index in [4.69, 9.17) is 9.47 Å². The highest BCUT2D eigenvalue weighted by Gasteiger charge is 2.33. The van der Waals surface area contributed by atoms with Crippen molar-refractivity contribution in [1.29, 1.82) is 0 Å². The van der Waals surface area contributed by atoms with Crippen LogP contribution in [0.25, 0.3) is 0 Å². The Morgan fingerprint density at radius 3 is 2.18 bits per heavy atom. The van der Waals surface area contributed by atoms with Gasteiger partial charge in [0.1, 0.15) is 17.2 Å². The van der Waals surface area contributed by atoms with Crippen LogP contribution in [0.2, 0.25) is 0 Å². The van der Waals surface area contributed by atoms with E-state index in [0.717, 1.165) is 5.56 Å². The van der Waals surface area contributed by atoms with Crippen LogP contribution in [0.3, 0.4) is 0 Å². The molecular formula is C24H37N3O6. The Morgan fingerprint density at radius 1 is 0.970 bits per heavy atom. The summed E-state index contributed by atoms with van der Waals surface area (Å²) < 4.78 is 9.96. The van der Waals surface area contributed by atoms with Gasteiger partial charge in [-0.2, -0.15) is 0 Å². The van der Waals surface area contributed by atoms with Gasteiger partial charge in [-0.25, -0.2) is 9.59 Å². The number of rotatable bonds is 11. The van der Waals surface area contributed by atoms with Crippen LogP contribution in [0.1, 0.15) is 59.4 Å². The molecule has 33 heavy (non-hydrogen) atoms. The predicted octanol–water partition coefficient (Wildman–Crippen LogP) is 2.48. The van der Waals surface area contributed by atoms with E-state index in [9.17, 15) is 19.2 Å². The molecule has 1 aromatic carbocycles. The molecule has 0 bridgehead atoms. The summed E-state index contributed by atoms with van der Waals surface area (Å²) in [5.74, 6) is -1.36. The van der Waals surface area contributed by atoms with Crippen molar-refractivity contribution < 1.29 is 28.7 Å². The fourth-order valence-corrected chi connectivity index (χ4v) is 2.91. The van der Waals surface area contributed by atoms with Crippen molar-refractivity contribution in [3.63, 3.8) is 0 Å². The number of ether oxygens (including phenoxy) is 2. The zero-order valence-electron chi connectivity index (χ0n) is 20.4. The summed E-state index contributed by atoms with van der Waals surface area (Å²) in [5.41, 5.74) is -0.922. The molecule has 0 heterocycles. The number of amides is 3. The topological polar surface area (TPSA) is 123 Å². The minimum absolute atomic E-state index is 0.192. The van der Waals surface area contributed by atoms with E-state index >= 15 is 0 Å². The normalized spacial score (nSPS) is 12.3. The number of nitrogens with one attached hydrogen (secondary N) is 3. The molecule has 0 unspecified atom stereocenters. The first-order valence-electron chi connectivity index (χ1n) is 11.0. The van der Waals surface area contributed by atoms with E-state index < -0.39 is 35.2 Å². The smallest absolute Gasteiger partial charge is 0.407 e. The van der Waals surface area contributed by atoms with E-state index in [2.05, 4.69) is 16.0 Å². The van der Waals surface area contributed by atoms with Gasteiger partial charge < -0.3 is 25.4 Å². The lowest BCUT2D eigenvalue weighted by molar-refractivity contribution is -0.146.